The number of hydrogen-bond donors (Lipinski definition) is 1. The summed E-state index contributed by atoms with van der Waals surface area (Å²) in [6.07, 6.45) is 1.64. The lowest BCUT2D eigenvalue weighted by molar-refractivity contribution is 0.241. The lowest BCUT2D eigenvalue weighted by Gasteiger charge is -2.07. The Bertz CT molecular complexity index is 218. The first-order valence-corrected chi connectivity index (χ1v) is 3.50. The van der Waals surface area contributed by atoms with Gasteiger partial charge in [-0.2, -0.15) is 0 Å². The zero-order chi connectivity index (χ0) is 8.27. The Morgan fingerprint density at radius 1 is 1.45 bits per heavy atom. The third-order valence-corrected chi connectivity index (χ3v) is 1.09. The average molecular weight is 153 g/mol. The van der Waals surface area contributed by atoms with E-state index >= 15 is 0 Å². The van der Waals surface area contributed by atoms with Crippen LogP contribution in [0.5, 0.6) is 11.6 Å². The highest BCUT2D eigenvalue weighted by Gasteiger charge is 1.96. The first-order chi connectivity index (χ1) is 5.18. The van der Waals surface area contributed by atoms with E-state index in [9.17, 15) is 0 Å². The van der Waals surface area contributed by atoms with Crippen molar-refractivity contribution in [2.45, 2.75) is 20.0 Å². The number of aromatic hydroxyl groups is 1. The number of pyridine rings is 1. The Balaban J connectivity index is 2.66. The van der Waals surface area contributed by atoms with E-state index < -0.39 is 0 Å². The van der Waals surface area contributed by atoms with Gasteiger partial charge in [0.2, 0.25) is 5.88 Å². The van der Waals surface area contributed by atoms with Crippen LogP contribution in [0.3, 0.4) is 0 Å². The highest BCUT2D eigenvalue weighted by Crippen LogP contribution is 2.13. The lowest BCUT2D eigenvalue weighted by Crippen LogP contribution is -2.05. The molecule has 1 N–H and O–H groups in total. The highest BCUT2D eigenvalue weighted by molar-refractivity contribution is 5.21. The molecule has 1 aromatic rings. The second-order valence-electron chi connectivity index (χ2n) is 2.52. The summed E-state index contributed by atoms with van der Waals surface area (Å²) in [6, 6.07) is 3.18. The summed E-state index contributed by atoms with van der Waals surface area (Å²) in [6.45, 7) is 3.87. The van der Waals surface area contributed by atoms with Crippen molar-refractivity contribution >= 4 is 0 Å². The first-order valence-electron chi connectivity index (χ1n) is 3.50. The minimum Gasteiger partial charge on any atom is -0.493 e. The number of rotatable bonds is 2. The lowest BCUT2D eigenvalue weighted by atomic mass is 10.4. The quantitative estimate of drug-likeness (QED) is 0.701. The van der Waals surface area contributed by atoms with Crippen LogP contribution in [0.15, 0.2) is 18.3 Å². The fourth-order valence-corrected chi connectivity index (χ4v) is 0.714. The fourth-order valence-electron chi connectivity index (χ4n) is 0.714. The molecular weight excluding hydrogens is 142 g/mol. The van der Waals surface area contributed by atoms with Gasteiger partial charge >= 0.3 is 0 Å². The molecule has 0 aliphatic heterocycles. The number of ether oxygens (including phenoxy) is 1. The Kier molecular flexibility index (Phi) is 2.31. The molecule has 0 aromatic carbocycles. The van der Waals surface area contributed by atoms with E-state index in [4.69, 9.17) is 9.84 Å². The van der Waals surface area contributed by atoms with E-state index in [1.54, 1.807) is 6.07 Å². The second-order valence-corrected chi connectivity index (χ2v) is 2.52. The zero-order valence-corrected chi connectivity index (χ0v) is 6.61. The standard InChI is InChI=1S/C8H11NO2/c1-6(2)11-7-3-4-8(10)9-5-7/h3-6H,1-2H3,(H,9,10). The molecule has 0 atom stereocenters. The van der Waals surface area contributed by atoms with Crippen LogP contribution in [0, 0.1) is 0 Å². The van der Waals surface area contributed by atoms with Crippen molar-refractivity contribution in [1.82, 2.24) is 4.98 Å². The fraction of sp³-hybridized carbons (Fsp3) is 0.375. The molecule has 0 fully saturated rings. The van der Waals surface area contributed by atoms with Crippen LogP contribution in [-0.2, 0) is 0 Å². The predicted octanol–water partition coefficient (Wildman–Crippen LogP) is 1.57. The molecule has 0 spiro atoms. The normalized spacial score (nSPS) is 10.1. The Morgan fingerprint density at radius 2 is 2.18 bits per heavy atom. The SMILES string of the molecule is CC(C)Oc1ccc(O)nc1. The molecule has 0 bridgehead atoms. The van der Waals surface area contributed by atoms with Crippen LogP contribution < -0.4 is 4.74 Å². The summed E-state index contributed by atoms with van der Waals surface area (Å²) in [5.41, 5.74) is 0. The summed E-state index contributed by atoms with van der Waals surface area (Å²) in [5.74, 6) is 0.693. The van der Waals surface area contributed by atoms with E-state index in [-0.39, 0.29) is 12.0 Å². The molecule has 0 unspecified atom stereocenters. The molecule has 3 heteroatoms. The summed E-state index contributed by atoms with van der Waals surface area (Å²) in [7, 11) is 0. The summed E-state index contributed by atoms with van der Waals surface area (Å²) >= 11 is 0. The van der Waals surface area contributed by atoms with Crippen molar-refractivity contribution in [1.29, 1.82) is 0 Å². The predicted molar refractivity (Wildman–Crippen MR) is 41.7 cm³/mol. The largest absolute Gasteiger partial charge is 0.493 e. The summed E-state index contributed by atoms with van der Waals surface area (Å²) in [5, 5.41) is 8.82. The van der Waals surface area contributed by atoms with Gasteiger partial charge < -0.3 is 9.84 Å². The zero-order valence-electron chi connectivity index (χ0n) is 6.61. The van der Waals surface area contributed by atoms with Gasteiger partial charge in [0, 0.05) is 6.07 Å². The average Bonchev–Trinajstić information content (AvgIpc) is 1.93. The minimum absolute atomic E-state index is 0.0149. The maximum atomic E-state index is 8.82. The van der Waals surface area contributed by atoms with Crippen LogP contribution >= 0.6 is 0 Å². The molecule has 60 valence electrons. The van der Waals surface area contributed by atoms with Gasteiger partial charge in [-0.05, 0) is 19.9 Å². The minimum atomic E-state index is 0.0149. The van der Waals surface area contributed by atoms with Crippen LogP contribution in [0.25, 0.3) is 0 Å². The highest BCUT2D eigenvalue weighted by atomic mass is 16.5. The maximum Gasteiger partial charge on any atom is 0.210 e. The molecule has 1 heterocycles. The summed E-state index contributed by atoms with van der Waals surface area (Å²) in [4.78, 5) is 3.66. The molecule has 0 aliphatic rings. The van der Waals surface area contributed by atoms with Crippen molar-refractivity contribution in [3.63, 3.8) is 0 Å². The third kappa shape index (κ3) is 2.45. The molecular formula is C8H11NO2. The molecule has 0 aliphatic carbocycles. The van der Waals surface area contributed by atoms with E-state index in [0.29, 0.717) is 5.75 Å². The Hall–Kier alpha value is -1.25. The van der Waals surface area contributed by atoms with Crippen LogP contribution in [-0.4, -0.2) is 16.2 Å². The van der Waals surface area contributed by atoms with Crippen LogP contribution in [0.4, 0.5) is 0 Å². The van der Waals surface area contributed by atoms with Crippen molar-refractivity contribution in [3.05, 3.63) is 18.3 Å². The smallest absolute Gasteiger partial charge is 0.210 e. The summed E-state index contributed by atoms with van der Waals surface area (Å²) < 4.78 is 5.30. The molecule has 1 aromatic heterocycles. The van der Waals surface area contributed by atoms with Gasteiger partial charge in [-0.1, -0.05) is 0 Å². The van der Waals surface area contributed by atoms with E-state index in [1.165, 1.54) is 12.3 Å². The first kappa shape index (κ1) is 7.85. The third-order valence-electron chi connectivity index (χ3n) is 1.09. The van der Waals surface area contributed by atoms with Gasteiger partial charge in [0.25, 0.3) is 0 Å². The van der Waals surface area contributed by atoms with E-state index in [1.807, 2.05) is 13.8 Å². The molecule has 0 saturated carbocycles. The van der Waals surface area contributed by atoms with Crippen molar-refractivity contribution in [2.24, 2.45) is 0 Å². The molecule has 0 amide bonds. The molecule has 0 radical (unpaired) electrons. The van der Waals surface area contributed by atoms with Crippen molar-refractivity contribution in [3.8, 4) is 11.6 Å². The van der Waals surface area contributed by atoms with Gasteiger partial charge in [-0.15, -0.1) is 0 Å². The number of aromatic nitrogens is 1. The van der Waals surface area contributed by atoms with Crippen LogP contribution in [0.1, 0.15) is 13.8 Å². The number of hydrogen-bond acceptors (Lipinski definition) is 3. The topological polar surface area (TPSA) is 42.4 Å². The Morgan fingerprint density at radius 3 is 2.64 bits per heavy atom. The van der Waals surface area contributed by atoms with Gasteiger partial charge in [0.05, 0.1) is 12.3 Å². The van der Waals surface area contributed by atoms with Crippen LogP contribution in [0.2, 0.25) is 0 Å². The van der Waals surface area contributed by atoms with Gasteiger partial charge in [0.1, 0.15) is 5.75 Å². The van der Waals surface area contributed by atoms with Crippen molar-refractivity contribution < 1.29 is 9.84 Å². The Labute approximate surface area is 65.7 Å². The monoisotopic (exact) mass is 153 g/mol. The van der Waals surface area contributed by atoms with E-state index in [2.05, 4.69) is 4.98 Å². The van der Waals surface area contributed by atoms with Gasteiger partial charge in [-0.25, -0.2) is 4.98 Å². The van der Waals surface area contributed by atoms with E-state index in [0.717, 1.165) is 0 Å². The maximum absolute atomic E-state index is 8.82. The van der Waals surface area contributed by atoms with Gasteiger partial charge in [-0.3, -0.25) is 0 Å². The second kappa shape index (κ2) is 3.23. The molecule has 0 saturated heterocycles. The molecule has 3 nitrogen and oxygen atoms in total. The molecule has 1 rings (SSSR count). The van der Waals surface area contributed by atoms with Crippen molar-refractivity contribution in [2.75, 3.05) is 0 Å². The number of nitrogens with zero attached hydrogens (tertiary/aromatic N) is 1. The molecule has 11 heavy (non-hydrogen) atoms. The van der Waals surface area contributed by atoms with Gasteiger partial charge in [0.15, 0.2) is 0 Å².